The third-order valence-corrected chi connectivity index (χ3v) is 10.6. The van der Waals surface area contributed by atoms with Crippen molar-refractivity contribution in [3.63, 3.8) is 0 Å². The van der Waals surface area contributed by atoms with Gasteiger partial charge in [0.2, 0.25) is 0 Å². The molecule has 0 saturated heterocycles. The second kappa shape index (κ2) is 13.0. The van der Waals surface area contributed by atoms with E-state index in [0.29, 0.717) is 5.82 Å². The molecule has 0 amide bonds. The summed E-state index contributed by atoms with van der Waals surface area (Å²) in [6.07, 6.45) is 3.68. The van der Waals surface area contributed by atoms with Gasteiger partial charge in [0.1, 0.15) is 22.3 Å². The van der Waals surface area contributed by atoms with Crippen molar-refractivity contribution >= 4 is 43.9 Å². The highest BCUT2D eigenvalue weighted by atomic mass is 16.3. The van der Waals surface area contributed by atoms with Crippen molar-refractivity contribution in [2.45, 2.75) is 0 Å². The van der Waals surface area contributed by atoms with Gasteiger partial charge in [0.15, 0.2) is 5.82 Å². The molecule has 56 heavy (non-hydrogen) atoms. The third kappa shape index (κ3) is 5.45. The number of para-hydroxylation sites is 4. The van der Waals surface area contributed by atoms with Crippen LogP contribution in [0, 0.1) is 0 Å². The SMILES string of the molecule is c1ccc(-c2nc(-c3cccc(-c4cccnc4)c3)cc(-c3cc(-c4cccc5c4oc4ccccc45)cc(-c4cccc5c4oc4ccccc45)c3)n2)cc1. The number of benzene rings is 7. The summed E-state index contributed by atoms with van der Waals surface area (Å²) in [6, 6.07) is 60.6. The van der Waals surface area contributed by atoms with E-state index in [4.69, 9.17) is 18.8 Å². The smallest absolute Gasteiger partial charge is 0.160 e. The highest BCUT2D eigenvalue weighted by Crippen LogP contribution is 2.42. The van der Waals surface area contributed by atoms with Crippen LogP contribution < -0.4 is 0 Å². The minimum absolute atomic E-state index is 0.649. The van der Waals surface area contributed by atoms with Gasteiger partial charge in [-0.2, -0.15) is 0 Å². The number of hydrogen-bond acceptors (Lipinski definition) is 5. The van der Waals surface area contributed by atoms with Crippen molar-refractivity contribution in [2.24, 2.45) is 0 Å². The van der Waals surface area contributed by atoms with E-state index < -0.39 is 0 Å². The van der Waals surface area contributed by atoms with Crippen LogP contribution in [0.3, 0.4) is 0 Å². The quantitative estimate of drug-likeness (QED) is 0.171. The highest BCUT2D eigenvalue weighted by molar-refractivity contribution is 6.11. The Balaban J connectivity index is 1.17. The topological polar surface area (TPSA) is 65.0 Å². The standard InChI is InChI=1S/C51H31N3O2/c1-2-12-32(13-3-1)51-53-45(34-15-8-14-33(26-34)35-16-11-25-52-31-35)30-46(54-51)38-28-36(39-19-9-21-43-41-17-4-6-23-47(41)55-49(39)43)27-37(29-38)40-20-10-22-44-42-18-5-7-24-48(42)56-50(40)44/h1-31H. The van der Waals surface area contributed by atoms with Crippen LogP contribution >= 0.6 is 0 Å². The van der Waals surface area contributed by atoms with Crippen molar-refractivity contribution in [1.29, 1.82) is 0 Å². The van der Waals surface area contributed by atoms with E-state index in [2.05, 4.69) is 132 Å². The Hall–Kier alpha value is -7.63. The Kier molecular flexibility index (Phi) is 7.42. The molecule has 0 radical (unpaired) electrons. The lowest BCUT2D eigenvalue weighted by Gasteiger charge is -2.14. The first-order chi connectivity index (χ1) is 27.7. The van der Waals surface area contributed by atoms with Crippen molar-refractivity contribution in [1.82, 2.24) is 15.0 Å². The van der Waals surface area contributed by atoms with Gasteiger partial charge in [-0.1, -0.05) is 127 Å². The first-order valence-electron chi connectivity index (χ1n) is 18.7. The zero-order valence-electron chi connectivity index (χ0n) is 30.1. The molecule has 5 heteroatoms. The van der Waals surface area contributed by atoms with Crippen LogP contribution in [0.15, 0.2) is 197 Å². The molecule has 0 bridgehead atoms. The van der Waals surface area contributed by atoms with Crippen molar-refractivity contribution < 1.29 is 8.83 Å². The summed E-state index contributed by atoms with van der Waals surface area (Å²) in [5, 5.41) is 4.34. The maximum atomic E-state index is 6.59. The maximum Gasteiger partial charge on any atom is 0.160 e. The summed E-state index contributed by atoms with van der Waals surface area (Å²) >= 11 is 0. The van der Waals surface area contributed by atoms with E-state index in [9.17, 15) is 0 Å². The second-order valence-corrected chi connectivity index (χ2v) is 14.0. The molecule has 7 aromatic carbocycles. The third-order valence-electron chi connectivity index (χ3n) is 10.6. The van der Waals surface area contributed by atoms with Crippen LogP contribution in [0.25, 0.3) is 111 Å². The van der Waals surface area contributed by atoms with E-state index in [-0.39, 0.29) is 0 Å². The van der Waals surface area contributed by atoms with E-state index in [1.807, 2.05) is 54.7 Å². The van der Waals surface area contributed by atoms with Gasteiger partial charge in [-0.15, -0.1) is 0 Å². The average molecular weight is 718 g/mol. The van der Waals surface area contributed by atoms with Crippen LogP contribution in [0.2, 0.25) is 0 Å². The maximum absolute atomic E-state index is 6.59. The van der Waals surface area contributed by atoms with Gasteiger partial charge in [-0.05, 0) is 65.2 Å². The summed E-state index contributed by atoms with van der Waals surface area (Å²) in [6.45, 7) is 0. The molecular weight excluding hydrogens is 687 g/mol. The fourth-order valence-corrected chi connectivity index (χ4v) is 7.89. The Labute approximate surface area is 322 Å². The first kappa shape index (κ1) is 31.9. The molecule has 0 spiro atoms. The lowest BCUT2D eigenvalue weighted by Crippen LogP contribution is -1.97. The molecule has 4 heterocycles. The monoisotopic (exact) mass is 717 g/mol. The van der Waals surface area contributed by atoms with Gasteiger partial charge < -0.3 is 8.83 Å². The molecule has 0 unspecified atom stereocenters. The predicted octanol–water partition coefficient (Wildman–Crippen LogP) is 13.7. The van der Waals surface area contributed by atoms with Gasteiger partial charge in [-0.25, -0.2) is 9.97 Å². The molecule has 262 valence electrons. The Morgan fingerprint density at radius 2 is 0.839 bits per heavy atom. The summed E-state index contributed by atoms with van der Waals surface area (Å²) in [7, 11) is 0. The predicted molar refractivity (Wildman–Crippen MR) is 227 cm³/mol. The molecule has 0 atom stereocenters. The van der Waals surface area contributed by atoms with Gasteiger partial charge in [0.25, 0.3) is 0 Å². The number of hydrogen-bond donors (Lipinski definition) is 0. The van der Waals surface area contributed by atoms with E-state index >= 15 is 0 Å². The van der Waals surface area contributed by atoms with E-state index in [1.165, 1.54) is 0 Å². The fraction of sp³-hybridized carbons (Fsp3) is 0. The largest absolute Gasteiger partial charge is 0.455 e. The average Bonchev–Trinajstić information content (AvgIpc) is 3.86. The van der Waals surface area contributed by atoms with Crippen LogP contribution in [0.1, 0.15) is 0 Å². The summed E-state index contributed by atoms with van der Waals surface area (Å²) in [5.74, 6) is 0.649. The minimum Gasteiger partial charge on any atom is -0.455 e. The summed E-state index contributed by atoms with van der Waals surface area (Å²) in [4.78, 5) is 14.8. The van der Waals surface area contributed by atoms with Crippen LogP contribution in [-0.2, 0) is 0 Å². The van der Waals surface area contributed by atoms with Crippen LogP contribution in [-0.4, -0.2) is 15.0 Å². The number of furan rings is 2. The van der Waals surface area contributed by atoms with Gasteiger partial charge in [0.05, 0.1) is 11.4 Å². The number of nitrogens with zero attached hydrogens (tertiary/aromatic N) is 3. The van der Waals surface area contributed by atoms with Crippen LogP contribution in [0.5, 0.6) is 0 Å². The molecule has 0 N–H and O–H groups in total. The molecule has 0 aliphatic heterocycles. The summed E-state index contributed by atoms with van der Waals surface area (Å²) < 4.78 is 13.2. The van der Waals surface area contributed by atoms with E-state index in [0.717, 1.165) is 105 Å². The van der Waals surface area contributed by atoms with Crippen LogP contribution in [0.4, 0.5) is 0 Å². The Bertz CT molecular complexity index is 3120. The van der Waals surface area contributed by atoms with Crippen molar-refractivity contribution in [2.75, 3.05) is 0 Å². The van der Waals surface area contributed by atoms with Crippen molar-refractivity contribution in [3.8, 4) is 67.3 Å². The lowest BCUT2D eigenvalue weighted by molar-refractivity contribution is 0.670. The summed E-state index contributed by atoms with van der Waals surface area (Å²) in [5.41, 5.74) is 14.1. The second-order valence-electron chi connectivity index (χ2n) is 14.0. The molecular formula is C51H31N3O2. The zero-order valence-corrected chi connectivity index (χ0v) is 30.1. The molecule has 0 saturated carbocycles. The van der Waals surface area contributed by atoms with Gasteiger partial charge in [-0.3, -0.25) is 4.98 Å². The highest BCUT2D eigenvalue weighted by Gasteiger charge is 2.19. The Morgan fingerprint density at radius 1 is 0.339 bits per heavy atom. The molecule has 5 nitrogen and oxygen atoms in total. The number of aromatic nitrogens is 3. The Morgan fingerprint density at radius 3 is 1.48 bits per heavy atom. The van der Waals surface area contributed by atoms with Crippen molar-refractivity contribution in [3.05, 3.63) is 188 Å². The molecule has 0 fully saturated rings. The zero-order chi connectivity index (χ0) is 37.0. The van der Waals surface area contributed by atoms with Gasteiger partial charge in [0, 0.05) is 67.3 Å². The number of fused-ring (bicyclic) bond motifs is 6. The normalized spacial score (nSPS) is 11.6. The fourth-order valence-electron chi connectivity index (χ4n) is 7.89. The first-order valence-corrected chi connectivity index (χ1v) is 18.7. The molecule has 0 aliphatic rings. The molecule has 0 aliphatic carbocycles. The minimum atomic E-state index is 0.649. The molecule has 11 rings (SSSR count). The molecule has 4 aromatic heterocycles. The number of rotatable bonds is 6. The number of pyridine rings is 1. The van der Waals surface area contributed by atoms with E-state index in [1.54, 1.807) is 6.20 Å². The van der Waals surface area contributed by atoms with Gasteiger partial charge >= 0.3 is 0 Å². The lowest BCUT2D eigenvalue weighted by atomic mass is 9.93. The molecule has 11 aromatic rings.